The molecule has 2 heterocycles. The average Bonchev–Trinajstić information content (AvgIpc) is 3.45. The number of H-pyrrole nitrogens is 1. The van der Waals surface area contributed by atoms with Crippen molar-refractivity contribution in [1.82, 2.24) is 14.8 Å². The van der Waals surface area contributed by atoms with Gasteiger partial charge in [-0.2, -0.15) is 0 Å². The maximum atomic E-state index is 13.4. The molecule has 1 atom stereocenters. The number of aromatic nitrogens is 1. The normalized spacial score (nSPS) is 20.9. The van der Waals surface area contributed by atoms with Crippen LogP contribution in [0.4, 0.5) is 0 Å². The zero-order valence-corrected chi connectivity index (χ0v) is 15.5. The van der Waals surface area contributed by atoms with Crippen LogP contribution in [0.2, 0.25) is 0 Å². The number of fused-ring (bicyclic) bond motifs is 1. The van der Waals surface area contributed by atoms with Gasteiger partial charge in [-0.1, -0.05) is 30.3 Å². The summed E-state index contributed by atoms with van der Waals surface area (Å²) in [6.07, 6.45) is 5.47. The second-order valence-electron chi connectivity index (χ2n) is 7.85. The lowest BCUT2D eigenvalue weighted by Crippen LogP contribution is -2.56. The summed E-state index contributed by atoms with van der Waals surface area (Å²) >= 11 is 0. The first kappa shape index (κ1) is 16.6. The number of benzene rings is 2. The quantitative estimate of drug-likeness (QED) is 0.771. The van der Waals surface area contributed by atoms with Gasteiger partial charge in [0.15, 0.2) is 0 Å². The molecule has 138 valence electrons. The molecule has 1 aliphatic heterocycles. The molecular formula is C23H25N3O. The van der Waals surface area contributed by atoms with Crippen molar-refractivity contribution >= 4 is 16.8 Å². The Morgan fingerprint density at radius 2 is 1.89 bits per heavy atom. The van der Waals surface area contributed by atoms with Gasteiger partial charge in [0.25, 0.3) is 5.91 Å². The first-order valence-corrected chi connectivity index (χ1v) is 9.94. The van der Waals surface area contributed by atoms with Crippen LogP contribution < -0.4 is 0 Å². The SMILES string of the molecule is O=C(c1ccc2[nH]ccc2c1)N1CCN(C2CC2)CC1Cc1ccccc1. The van der Waals surface area contributed by atoms with Gasteiger partial charge in [-0.3, -0.25) is 9.69 Å². The number of nitrogens with zero attached hydrogens (tertiary/aromatic N) is 2. The molecule has 0 radical (unpaired) electrons. The van der Waals surface area contributed by atoms with Crippen molar-refractivity contribution in [2.75, 3.05) is 19.6 Å². The average molecular weight is 359 g/mol. The van der Waals surface area contributed by atoms with Crippen LogP contribution in [0.25, 0.3) is 10.9 Å². The summed E-state index contributed by atoms with van der Waals surface area (Å²) in [4.78, 5) is 21.3. The minimum Gasteiger partial charge on any atom is -0.361 e. The smallest absolute Gasteiger partial charge is 0.254 e. The first-order valence-electron chi connectivity index (χ1n) is 9.94. The highest BCUT2D eigenvalue weighted by Gasteiger charge is 2.37. The maximum Gasteiger partial charge on any atom is 0.254 e. The van der Waals surface area contributed by atoms with E-state index in [0.29, 0.717) is 0 Å². The number of aromatic amines is 1. The van der Waals surface area contributed by atoms with Gasteiger partial charge in [-0.25, -0.2) is 0 Å². The number of hydrogen-bond acceptors (Lipinski definition) is 2. The molecule has 1 aliphatic carbocycles. The van der Waals surface area contributed by atoms with Crippen LogP contribution in [-0.2, 0) is 6.42 Å². The van der Waals surface area contributed by atoms with Crippen molar-refractivity contribution in [1.29, 1.82) is 0 Å². The standard InChI is InChI=1S/C23H25N3O/c27-23(19-6-9-22-18(15-19)10-11-24-22)26-13-12-25(20-7-8-20)16-21(26)14-17-4-2-1-3-5-17/h1-6,9-11,15,20-21,24H,7-8,12-14,16H2. The number of nitrogens with one attached hydrogen (secondary N) is 1. The van der Waals surface area contributed by atoms with E-state index in [1.54, 1.807) is 0 Å². The Hall–Kier alpha value is -2.59. The Morgan fingerprint density at radius 3 is 2.70 bits per heavy atom. The third kappa shape index (κ3) is 3.37. The largest absolute Gasteiger partial charge is 0.361 e. The predicted octanol–water partition coefficient (Wildman–Crippen LogP) is 3.70. The molecule has 27 heavy (non-hydrogen) atoms. The molecule has 4 heteroatoms. The minimum atomic E-state index is 0.162. The van der Waals surface area contributed by atoms with Crippen molar-refractivity contribution in [3.63, 3.8) is 0 Å². The van der Waals surface area contributed by atoms with Crippen LogP contribution in [0.5, 0.6) is 0 Å². The first-order chi connectivity index (χ1) is 13.3. The summed E-state index contributed by atoms with van der Waals surface area (Å²) in [5, 5.41) is 1.09. The van der Waals surface area contributed by atoms with E-state index in [4.69, 9.17) is 0 Å². The topological polar surface area (TPSA) is 39.3 Å². The van der Waals surface area contributed by atoms with Crippen LogP contribution in [0.3, 0.4) is 0 Å². The molecule has 1 N–H and O–H groups in total. The van der Waals surface area contributed by atoms with Crippen LogP contribution in [-0.4, -0.2) is 52.4 Å². The number of piperazine rings is 1. The van der Waals surface area contributed by atoms with Gasteiger partial charge in [0.1, 0.15) is 0 Å². The number of rotatable bonds is 4. The van der Waals surface area contributed by atoms with E-state index >= 15 is 0 Å². The van der Waals surface area contributed by atoms with Crippen molar-refractivity contribution in [3.8, 4) is 0 Å². The monoisotopic (exact) mass is 359 g/mol. The highest BCUT2D eigenvalue weighted by Crippen LogP contribution is 2.30. The summed E-state index contributed by atoms with van der Waals surface area (Å²) in [5.74, 6) is 0.162. The summed E-state index contributed by atoms with van der Waals surface area (Å²) in [6.45, 7) is 2.80. The van der Waals surface area contributed by atoms with Crippen molar-refractivity contribution in [3.05, 3.63) is 71.9 Å². The van der Waals surface area contributed by atoms with Gasteiger partial charge in [-0.15, -0.1) is 0 Å². The van der Waals surface area contributed by atoms with Crippen LogP contribution in [0.1, 0.15) is 28.8 Å². The van der Waals surface area contributed by atoms with E-state index in [9.17, 15) is 4.79 Å². The zero-order chi connectivity index (χ0) is 18.2. The third-order valence-corrected chi connectivity index (χ3v) is 5.95. The van der Waals surface area contributed by atoms with Crippen LogP contribution in [0, 0.1) is 0 Å². The highest BCUT2D eigenvalue weighted by molar-refractivity contribution is 5.98. The van der Waals surface area contributed by atoms with Crippen molar-refractivity contribution in [2.24, 2.45) is 0 Å². The molecule has 0 spiro atoms. The fraction of sp³-hybridized carbons (Fsp3) is 0.348. The van der Waals surface area contributed by atoms with Crippen molar-refractivity contribution in [2.45, 2.75) is 31.3 Å². The van der Waals surface area contributed by atoms with E-state index in [1.165, 1.54) is 18.4 Å². The number of hydrogen-bond donors (Lipinski definition) is 1. The third-order valence-electron chi connectivity index (χ3n) is 5.95. The lowest BCUT2D eigenvalue weighted by Gasteiger charge is -2.42. The number of carbonyl (C=O) groups excluding carboxylic acids is 1. The lowest BCUT2D eigenvalue weighted by atomic mass is 10.0. The van der Waals surface area contributed by atoms with Gasteiger partial charge in [0, 0.05) is 54.4 Å². The molecule has 4 nitrogen and oxygen atoms in total. The zero-order valence-electron chi connectivity index (χ0n) is 15.5. The van der Waals surface area contributed by atoms with E-state index < -0.39 is 0 Å². The maximum absolute atomic E-state index is 13.4. The van der Waals surface area contributed by atoms with E-state index in [2.05, 4.69) is 45.1 Å². The molecule has 3 aromatic rings. The summed E-state index contributed by atoms with van der Waals surface area (Å²) in [5.41, 5.74) is 3.17. The van der Waals surface area contributed by atoms with Gasteiger partial charge < -0.3 is 9.88 Å². The van der Waals surface area contributed by atoms with Gasteiger partial charge in [-0.05, 0) is 49.1 Å². The molecule has 1 aromatic heterocycles. The second kappa shape index (κ2) is 6.86. The molecule has 1 unspecified atom stereocenters. The van der Waals surface area contributed by atoms with Gasteiger partial charge >= 0.3 is 0 Å². The second-order valence-corrected chi connectivity index (χ2v) is 7.85. The van der Waals surface area contributed by atoms with Crippen LogP contribution >= 0.6 is 0 Å². The molecular weight excluding hydrogens is 334 g/mol. The molecule has 2 aliphatic rings. The molecule has 2 aromatic carbocycles. The summed E-state index contributed by atoms with van der Waals surface area (Å²) < 4.78 is 0. The van der Waals surface area contributed by atoms with Gasteiger partial charge in [0.2, 0.25) is 0 Å². The van der Waals surface area contributed by atoms with E-state index in [0.717, 1.165) is 48.6 Å². The number of amides is 1. The molecule has 1 saturated heterocycles. The molecule has 1 saturated carbocycles. The Labute approximate surface area is 159 Å². The predicted molar refractivity (Wildman–Crippen MR) is 108 cm³/mol. The van der Waals surface area contributed by atoms with E-state index in [1.807, 2.05) is 30.5 Å². The van der Waals surface area contributed by atoms with E-state index in [-0.39, 0.29) is 11.9 Å². The highest BCUT2D eigenvalue weighted by atomic mass is 16.2. The summed E-state index contributed by atoms with van der Waals surface area (Å²) in [6, 6.07) is 19.5. The molecule has 0 bridgehead atoms. The Morgan fingerprint density at radius 1 is 1.04 bits per heavy atom. The molecule has 1 amide bonds. The Bertz CT molecular complexity index is 944. The van der Waals surface area contributed by atoms with Gasteiger partial charge in [0.05, 0.1) is 0 Å². The Kier molecular flexibility index (Phi) is 4.21. The lowest BCUT2D eigenvalue weighted by molar-refractivity contribution is 0.0437. The molecule has 5 rings (SSSR count). The molecule has 2 fully saturated rings. The minimum absolute atomic E-state index is 0.162. The van der Waals surface area contributed by atoms with Crippen LogP contribution in [0.15, 0.2) is 60.8 Å². The fourth-order valence-electron chi connectivity index (χ4n) is 4.33. The number of carbonyl (C=O) groups is 1. The summed E-state index contributed by atoms with van der Waals surface area (Å²) in [7, 11) is 0. The fourth-order valence-corrected chi connectivity index (χ4v) is 4.33. The Balaban J connectivity index is 1.41. The van der Waals surface area contributed by atoms with Crippen molar-refractivity contribution < 1.29 is 4.79 Å².